The first-order valence-electron chi connectivity index (χ1n) is 9.92. The number of rotatable bonds is 9. The van der Waals surface area contributed by atoms with Crippen molar-refractivity contribution in [2.45, 2.75) is 84.1 Å². The van der Waals surface area contributed by atoms with Gasteiger partial charge in [0.05, 0.1) is 38.0 Å². The van der Waals surface area contributed by atoms with Crippen molar-refractivity contribution in [3.8, 4) is 0 Å². The summed E-state index contributed by atoms with van der Waals surface area (Å²) in [6, 6.07) is 0.168. The molecule has 7 nitrogen and oxygen atoms in total. The normalized spacial score (nSPS) is 33.1. The second-order valence-corrected chi connectivity index (χ2v) is 8.60. The number of hydrazine groups is 1. The van der Waals surface area contributed by atoms with Gasteiger partial charge in [-0.1, -0.05) is 20.8 Å². The minimum absolute atomic E-state index is 0.00478. The van der Waals surface area contributed by atoms with Crippen LogP contribution in [0.2, 0.25) is 0 Å². The Morgan fingerprint density at radius 3 is 2.27 bits per heavy atom. The van der Waals surface area contributed by atoms with Crippen LogP contribution in [0.5, 0.6) is 0 Å². The highest BCUT2D eigenvalue weighted by Crippen LogP contribution is 2.32. The molecule has 154 valence electrons. The molecule has 0 aromatic carbocycles. The van der Waals surface area contributed by atoms with Crippen molar-refractivity contribution < 1.29 is 18.9 Å². The Morgan fingerprint density at radius 1 is 1.12 bits per heavy atom. The van der Waals surface area contributed by atoms with Crippen molar-refractivity contribution in [1.29, 1.82) is 0 Å². The topological polar surface area (TPSA) is 73.0 Å². The minimum atomic E-state index is -0.633. The average molecular weight is 374 g/mol. The molecule has 2 rings (SSSR count). The van der Waals surface area contributed by atoms with E-state index in [4.69, 9.17) is 18.9 Å². The third-order valence-corrected chi connectivity index (χ3v) is 5.45. The molecule has 0 aliphatic carbocycles. The smallest absolute Gasteiger partial charge is 0.185 e. The molecule has 26 heavy (non-hydrogen) atoms. The molecule has 0 bridgehead atoms. The zero-order valence-corrected chi connectivity index (χ0v) is 17.6. The highest BCUT2D eigenvalue weighted by Gasteiger charge is 2.45. The first kappa shape index (κ1) is 22.0. The van der Waals surface area contributed by atoms with Gasteiger partial charge >= 0.3 is 0 Å². The zero-order chi connectivity index (χ0) is 19.4. The molecule has 0 aromatic rings. The molecule has 4 unspecified atom stereocenters. The Morgan fingerprint density at radius 2 is 1.77 bits per heavy atom. The highest BCUT2D eigenvalue weighted by atomic mass is 16.7. The molecule has 3 N–H and O–H groups in total. The lowest BCUT2D eigenvalue weighted by atomic mass is 9.94. The SMILES string of the molecule is CCC(NC)C1(CCNNC(C)C2(C)OCC(C)(C)CO2)OCC(C)O1. The van der Waals surface area contributed by atoms with Crippen LogP contribution >= 0.6 is 0 Å². The van der Waals surface area contributed by atoms with Gasteiger partial charge in [-0.15, -0.1) is 0 Å². The van der Waals surface area contributed by atoms with E-state index in [1.54, 1.807) is 0 Å². The van der Waals surface area contributed by atoms with Crippen molar-refractivity contribution in [2.24, 2.45) is 5.41 Å². The van der Waals surface area contributed by atoms with E-state index >= 15 is 0 Å². The highest BCUT2D eigenvalue weighted by molar-refractivity contribution is 4.89. The largest absolute Gasteiger partial charge is 0.348 e. The third kappa shape index (κ3) is 5.16. The fourth-order valence-corrected chi connectivity index (χ4v) is 3.49. The Bertz CT molecular complexity index is 435. The minimum Gasteiger partial charge on any atom is -0.348 e. The predicted molar refractivity (Wildman–Crippen MR) is 102 cm³/mol. The summed E-state index contributed by atoms with van der Waals surface area (Å²) in [5, 5.41) is 3.33. The van der Waals surface area contributed by atoms with Crippen molar-refractivity contribution in [2.75, 3.05) is 33.4 Å². The molecule has 0 amide bonds. The van der Waals surface area contributed by atoms with Crippen LogP contribution in [0.3, 0.4) is 0 Å². The van der Waals surface area contributed by atoms with Gasteiger partial charge in [-0.05, 0) is 34.2 Å². The molecule has 2 heterocycles. The molecule has 2 aliphatic rings. The fraction of sp³-hybridized carbons (Fsp3) is 1.00. The maximum absolute atomic E-state index is 6.16. The quantitative estimate of drug-likeness (QED) is 0.420. The van der Waals surface area contributed by atoms with E-state index in [1.807, 2.05) is 14.0 Å². The van der Waals surface area contributed by atoms with E-state index in [0.717, 1.165) is 19.4 Å². The first-order chi connectivity index (χ1) is 12.2. The molecule has 7 heteroatoms. The van der Waals surface area contributed by atoms with Gasteiger partial charge in [0.2, 0.25) is 0 Å². The Labute approximate surface area is 158 Å². The molecule has 2 fully saturated rings. The summed E-state index contributed by atoms with van der Waals surface area (Å²) in [4.78, 5) is 0. The van der Waals surface area contributed by atoms with E-state index in [9.17, 15) is 0 Å². The summed E-state index contributed by atoms with van der Waals surface area (Å²) in [6.07, 6.45) is 1.82. The Hall–Kier alpha value is -0.280. The lowest BCUT2D eigenvalue weighted by Crippen LogP contribution is -2.59. The van der Waals surface area contributed by atoms with E-state index in [-0.39, 0.29) is 23.6 Å². The maximum Gasteiger partial charge on any atom is 0.185 e. The van der Waals surface area contributed by atoms with Gasteiger partial charge in [-0.3, -0.25) is 5.43 Å². The van der Waals surface area contributed by atoms with Gasteiger partial charge in [-0.25, -0.2) is 5.43 Å². The zero-order valence-electron chi connectivity index (χ0n) is 17.6. The predicted octanol–water partition coefficient (Wildman–Crippen LogP) is 1.78. The lowest BCUT2D eigenvalue weighted by Gasteiger charge is -2.44. The molecule has 2 saturated heterocycles. The standard InChI is InChI=1S/C19H39N3O4/c1-8-16(20-7)19(23-11-14(2)26-19)9-10-21-22-15(3)18(6)24-12-17(4,5)13-25-18/h14-16,20-22H,8-13H2,1-7H3. The summed E-state index contributed by atoms with van der Waals surface area (Å²) < 4.78 is 24.2. The van der Waals surface area contributed by atoms with Crippen LogP contribution in [0, 0.1) is 5.41 Å². The van der Waals surface area contributed by atoms with Gasteiger partial charge < -0.3 is 24.3 Å². The van der Waals surface area contributed by atoms with Gasteiger partial charge in [0.25, 0.3) is 0 Å². The van der Waals surface area contributed by atoms with Crippen LogP contribution in [0.1, 0.15) is 54.4 Å². The van der Waals surface area contributed by atoms with Gasteiger partial charge in [-0.2, -0.15) is 0 Å². The van der Waals surface area contributed by atoms with Crippen LogP contribution in [0.15, 0.2) is 0 Å². The molecule has 0 spiro atoms. The molecule has 2 aliphatic heterocycles. The number of ether oxygens (including phenoxy) is 4. The molecule has 0 saturated carbocycles. The van der Waals surface area contributed by atoms with Gasteiger partial charge in [0.1, 0.15) is 0 Å². The van der Waals surface area contributed by atoms with Crippen molar-refractivity contribution in [1.82, 2.24) is 16.2 Å². The summed E-state index contributed by atoms with van der Waals surface area (Å²) in [6.45, 7) is 15.3. The van der Waals surface area contributed by atoms with Gasteiger partial charge in [0, 0.05) is 18.4 Å². The molecule has 4 atom stereocenters. The van der Waals surface area contributed by atoms with Crippen molar-refractivity contribution in [3.05, 3.63) is 0 Å². The fourth-order valence-electron chi connectivity index (χ4n) is 3.49. The molecular formula is C19H39N3O4. The van der Waals surface area contributed by atoms with Gasteiger partial charge in [0.15, 0.2) is 11.6 Å². The van der Waals surface area contributed by atoms with Crippen molar-refractivity contribution >= 4 is 0 Å². The maximum atomic E-state index is 6.16. The summed E-state index contributed by atoms with van der Waals surface area (Å²) in [7, 11) is 1.96. The number of hydrogen-bond donors (Lipinski definition) is 3. The molecule has 0 radical (unpaired) electrons. The third-order valence-electron chi connectivity index (χ3n) is 5.45. The Kier molecular flexibility index (Phi) is 7.46. The first-order valence-corrected chi connectivity index (χ1v) is 9.92. The van der Waals surface area contributed by atoms with Crippen LogP contribution in [-0.2, 0) is 18.9 Å². The summed E-state index contributed by atoms with van der Waals surface area (Å²) in [5.74, 6) is -1.21. The average Bonchev–Trinajstić information content (AvgIpc) is 2.97. The lowest BCUT2D eigenvalue weighted by molar-refractivity contribution is -0.300. The van der Waals surface area contributed by atoms with E-state index in [2.05, 4.69) is 50.8 Å². The number of nitrogens with one attached hydrogen (secondary N) is 3. The second kappa shape index (κ2) is 8.82. The van der Waals surface area contributed by atoms with Crippen LogP contribution in [-0.4, -0.2) is 63.2 Å². The van der Waals surface area contributed by atoms with E-state index < -0.39 is 11.6 Å². The summed E-state index contributed by atoms with van der Waals surface area (Å²) in [5.41, 5.74) is 6.68. The van der Waals surface area contributed by atoms with E-state index in [0.29, 0.717) is 19.8 Å². The van der Waals surface area contributed by atoms with E-state index in [1.165, 1.54) is 0 Å². The summed E-state index contributed by atoms with van der Waals surface area (Å²) >= 11 is 0. The van der Waals surface area contributed by atoms with Crippen molar-refractivity contribution in [3.63, 3.8) is 0 Å². The van der Waals surface area contributed by atoms with Crippen LogP contribution in [0.4, 0.5) is 0 Å². The Balaban J connectivity index is 1.81. The van der Waals surface area contributed by atoms with Crippen LogP contribution < -0.4 is 16.2 Å². The monoisotopic (exact) mass is 373 g/mol. The van der Waals surface area contributed by atoms with Crippen LogP contribution in [0.25, 0.3) is 0 Å². The molecular weight excluding hydrogens is 334 g/mol. The second-order valence-electron chi connectivity index (χ2n) is 8.60. The number of hydrogen-bond acceptors (Lipinski definition) is 7. The molecule has 0 aromatic heterocycles. The number of likely N-dealkylation sites (N-methyl/N-ethyl adjacent to an activating group) is 1.